The number of allylic oxidation sites excluding steroid dienone is 1. The highest BCUT2D eigenvalue weighted by Gasteiger charge is 2.04. The first kappa shape index (κ1) is 8.74. The highest BCUT2D eigenvalue weighted by Crippen LogP contribution is 2.06. The van der Waals surface area contributed by atoms with E-state index < -0.39 is 0 Å². The van der Waals surface area contributed by atoms with Crippen LogP contribution in [0.15, 0.2) is 29.8 Å². The van der Waals surface area contributed by atoms with Gasteiger partial charge in [0.25, 0.3) is 5.56 Å². The molecule has 2 aromatic heterocycles. The molecule has 0 aliphatic heterocycles. The summed E-state index contributed by atoms with van der Waals surface area (Å²) in [7, 11) is 0. The molecule has 0 aliphatic rings. The Morgan fingerprint density at radius 1 is 1.71 bits per heavy atom. The largest absolute Gasteiger partial charge is 0.343 e. The lowest BCUT2D eigenvalue weighted by atomic mass is 10.4. The van der Waals surface area contributed by atoms with Gasteiger partial charge in [-0.25, -0.2) is 4.98 Å². The smallest absolute Gasteiger partial charge is 0.263 e. The SMILES string of the molecule is C=CCn1cnc2[nH]c(C)cc2c1=O. The summed E-state index contributed by atoms with van der Waals surface area (Å²) >= 11 is 0. The topological polar surface area (TPSA) is 50.7 Å². The fraction of sp³-hybridized carbons (Fsp3) is 0.200. The molecule has 1 N–H and O–H groups in total. The number of hydrogen-bond acceptors (Lipinski definition) is 2. The molecule has 4 heteroatoms. The van der Waals surface area contributed by atoms with Gasteiger partial charge in [-0.1, -0.05) is 6.08 Å². The second-order valence-electron chi connectivity index (χ2n) is 3.21. The third-order valence-corrected chi connectivity index (χ3v) is 2.07. The van der Waals surface area contributed by atoms with Crippen molar-refractivity contribution in [3.05, 3.63) is 41.1 Å². The Balaban J connectivity index is 2.74. The first-order valence-electron chi connectivity index (χ1n) is 4.38. The van der Waals surface area contributed by atoms with E-state index in [-0.39, 0.29) is 5.56 Å². The van der Waals surface area contributed by atoms with Gasteiger partial charge in [0.1, 0.15) is 12.0 Å². The number of aryl methyl sites for hydroxylation is 1. The Morgan fingerprint density at radius 2 is 2.50 bits per heavy atom. The van der Waals surface area contributed by atoms with E-state index >= 15 is 0 Å². The van der Waals surface area contributed by atoms with Crippen molar-refractivity contribution in [3.63, 3.8) is 0 Å². The van der Waals surface area contributed by atoms with Crippen molar-refractivity contribution in [2.45, 2.75) is 13.5 Å². The van der Waals surface area contributed by atoms with Gasteiger partial charge >= 0.3 is 0 Å². The standard InChI is InChI=1S/C10H11N3O/c1-3-4-13-6-11-9-8(10(13)14)5-7(2)12-9/h3,5-6,12H,1,4H2,2H3. The molecule has 0 fully saturated rings. The van der Waals surface area contributed by atoms with Gasteiger partial charge in [-0.05, 0) is 13.0 Å². The second kappa shape index (κ2) is 3.14. The maximum Gasteiger partial charge on any atom is 0.263 e. The van der Waals surface area contributed by atoms with Crippen LogP contribution in [0.2, 0.25) is 0 Å². The molecule has 0 spiro atoms. The van der Waals surface area contributed by atoms with Crippen LogP contribution in [-0.2, 0) is 6.54 Å². The summed E-state index contributed by atoms with van der Waals surface area (Å²) in [5.74, 6) is 0. The molecule has 0 radical (unpaired) electrons. The number of nitrogens with one attached hydrogen (secondary N) is 1. The second-order valence-corrected chi connectivity index (χ2v) is 3.21. The molecule has 0 amide bonds. The van der Waals surface area contributed by atoms with Crippen LogP contribution in [0.1, 0.15) is 5.69 Å². The fourth-order valence-electron chi connectivity index (χ4n) is 1.44. The zero-order valence-corrected chi connectivity index (χ0v) is 7.95. The van der Waals surface area contributed by atoms with Gasteiger partial charge in [0.05, 0.1) is 5.39 Å². The Labute approximate surface area is 80.9 Å². The van der Waals surface area contributed by atoms with E-state index in [9.17, 15) is 4.79 Å². The summed E-state index contributed by atoms with van der Waals surface area (Å²) in [6.45, 7) is 5.98. The van der Waals surface area contributed by atoms with Crippen LogP contribution in [0.3, 0.4) is 0 Å². The van der Waals surface area contributed by atoms with Crippen molar-refractivity contribution in [3.8, 4) is 0 Å². The van der Waals surface area contributed by atoms with Crippen LogP contribution in [0.5, 0.6) is 0 Å². The predicted molar refractivity (Wildman–Crippen MR) is 55.3 cm³/mol. The average Bonchev–Trinajstić information content (AvgIpc) is 2.52. The van der Waals surface area contributed by atoms with Crippen molar-refractivity contribution in [1.29, 1.82) is 0 Å². The first-order chi connectivity index (χ1) is 6.72. The fourth-order valence-corrected chi connectivity index (χ4v) is 1.44. The van der Waals surface area contributed by atoms with Crippen molar-refractivity contribution < 1.29 is 0 Å². The Morgan fingerprint density at radius 3 is 3.21 bits per heavy atom. The van der Waals surface area contributed by atoms with E-state index in [1.165, 1.54) is 10.9 Å². The number of nitrogens with zero attached hydrogens (tertiary/aromatic N) is 2. The lowest BCUT2D eigenvalue weighted by Gasteiger charge is -1.99. The van der Waals surface area contributed by atoms with Gasteiger partial charge in [-0.3, -0.25) is 9.36 Å². The van der Waals surface area contributed by atoms with Crippen LogP contribution in [0.4, 0.5) is 0 Å². The van der Waals surface area contributed by atoms with Crippen LogP contribution < -0.4 is 5.56 Å². The highest BCUT2D eigenvalue weighted by atomic mass is 16.1. The molecule has 0 unspecified atom stereocenters. The molecule has 2 heterocycles. The molecule has 4 nitrogen and oxygen atoms in total. The number of fused-ring (bicyclic) bond motifs is 1. The summed E-state index contributed by atoms with van der Waals surface area (Å²) < 4.78 is 1.53. The third kappa shape index (κ3) is 1.25. The number of aromatic amines is 1. The average molecular weight is 189 g/mol. The van der Waals surface area contributed by atoms with Crippen molar-refractivity contribution in [1.82, 2.24) is 14.5 Å². The van der Waals surface area contributed by atoms with Gasteiger partial charge in [-0.15, -0.1) is 6.58 Å². The highest BCUT2D eigenvalue weighted by molar-refractivity contribution is 5.74. The summed E-state index contributed by atoms with van der Waals surface area (Å²) in [4.78, 5) is 18.9. The summed E-state index contributed by atoms with van der Waals surface area (Å²) in [6, 6.07) is 1.81. The molecular weight excluding hydrogens is 178 g/mol. The maximum absolute atomic E-state index is 11.8. The lowest BCUT2D eigenvalue weighted by molar-refractivity contribution is 0.767. The predicted octanol–water partition coefficient (Wildman–Crippen LogP) is 1.22. The Bertz CT molecular complexity index is 536. The number of aromatic nitrogens is 3. The minimum Gasteiger partial charge on any atom is -0.343 e. The summed E-state index contributed by atoms with van der Waals surface area (Å²) in [5, 5.41) is 0.631. The van der Waals surface area contributed by atoms with E-state index in [0.717, 1.165) is 5.69 Å². The normalized spacial score (nSPS) is 10.6. The molecule has 0 aromatic carbocycles. The third-order valence-electron chi connectivity index (χ3n) is 2.07. The molecule has 2 rings (SSSR count). The Kier molecular flexibility index (Phi) is 1.96. The van der Waals surface area contributed by atoms with Crippen LogP contribution in [-0.4, -0.2) is 14.5 Å². The molecule has 0 saturated carbocycles. The lowest BCUT2D eigenvalue weighted by Crippen LogP contribution is -2.19. The Hall–Kier alpha value is -1.84. The zero-order chi connectivity index (χ0) is 10.1. The van der Waals surface area contributed by atoms with E-state index in [4.69, 9.17) is 0 Å². The number of H-pyrrole nitrogens is 1. The van der Waals surface area contributed by atoms with Crippen LogP contribution in [0, 0.1) is 6.92 Å². The van der Waals surface area contributed by atoms with Gasteiger partial charge < -0.3 is 4.98 Å². The van der Waals surface area contributed by atoms with Crippen molar-refractivity contribution in [2.24, 2.45) is 0 Å². The molecule has 2 aromatic rings. The molecule has 14 heavy (non-hydrogen) atoms. The summed E-state index contributed by atoms with van der Waals surface area (Å²) in [6.07, 6.45) is 3.21. The minimum atomic E-state index is -0.0285. The molecule has 0 aliphatic carbocycles. The molecule has 0 bridgehead atoms. The van der Waals surface area contributed by atoms with Crippen molar-refractivity contribution >= 4 is 11.0 Å². The minimum absolute atomic E-state index is 0.0285. The monoisotopic (exact) mass is 189 g/mol. The van der Waals surface area contributed by atoms with E-state index in [2.05, 4.69) is 16.5 Å². The molecule has 72 valence electrons. The van der Waals surface area contributed by atoms with Gasteiger partial charge in [0.2, 0.25) is 0 Å². The maximum atomic E-state index is 11.8. The van der Waals surface area contributed by atoms with Gasteiger partial charge in [0, 0.05) is 12.2 Å². The molecular formula is C10H11N3O. The molecule has 0 saturated heterocycles. The summed E-state index contributed by atoms with van der Waals surface area (Å²) in [5.41, 5.74) is 1.56. The van der Waals surface area contributed by atoms with Crippen molar-refractivity contribution in [2.75, 3.05) is 0 Å². The van der Waals surface area contributed by atoms with E-state index in [1.807, 2.05) is 13.0 Å². The zero-order valence-electron chi connectivity index (χ0n) is 7.95. The van der Waals surface area contributed by atoms with Crippen LogP contribution in [0.25, 0.3) is 11.0 Å². The number of rotatable bonds is 2. The van der Waals surface area contributed by atoms with Crippen LogP contribution >= 0.6 is 0 Å². The van der Waals surface area contributed by atoms with Gasteiger partial charge in [-0.2, -0.15) is 0 Å². The first-order valence-corrected chi connectivity index (χ1v) is 4.38. The van der Waals surface area contributed by atoms with E-state index in [1.54, 1.807) is 6.08 Å². The number of hydrogen-bond donors (Lipinski definition) is 1. The van der Waals surface area contributed by atoms with E-state index in [0.29, 0.717) is 17.6 Å². The quantitative estimate of drug-likeness (QED) is 0.722. The molecule has 0 atom stereocenters. The van der Waals surface area contributed by atoms with Gasteiger partial charge in [0.15, 0.2) is 0 Å².